The highest BCUT2D eigenvalue weighted by Gasteiger charge is 2.19. The Morgan fingerprint density at radius 3 is 2.88 bits per heavy atom. The van der Waals surface area contributed by atoms with Gasteiger partial charge in [0.25, 0.3) is 0 Å². The van der Waals surface area contributed by atoms with Crippen LogP contribution in [0, 0.1) is 10.1 Å². The van der Waals surface area contributed by atoms with E-state index in [1.807, 2.05) is 0 Å². The molecule has 7 nitrogen and oxygen atoms in total. The lowest BCUT2D eigenvalue weighted by Gasteiger charge is -2.07. The van der Waals surface area contributed by atoms with Crippen molar-refractivity contribution in [2.75, 3.05) is 5.43 Å². The van der Waals surface area contributed by atoms with Crippen LogP contribution in [-0.2, 0) is 0 Å². The molecule has 7 heteroatoms. The van der Waals surface area contributed by atoms with Gasteiger partial charge in [-0.15, -0.1) is 0 Å². The molecule has 0 radical (unpaired) electrons. The van der Waals surface area contributed by atoms with Crippen LogP contribution in [-0.4, -0.2) is 14.5 Å². The minimum Gasteiger partial charge on any atom is -0.318 e. The maximum absolute atomic E-state index is 11.0. The number of hydrogen-bond acceptors (Lipinski definition) is 5. The highest BCUT2D eigenvalue weighted by atomic mass is 16.6. The third-order valence-corrected chi connectivity index (χ3v) is 2.14. The molecule has 0 fully saturated rings. The standard InChI is InChI=1S/C9H9N5O2/c10-12-7-2-1-3-8(9(7)14(15)16)13-5-4-11-6-13/h1-6,12H,10H2. The lowest BCUT2D eigenvalue weighted by Crippen LogP contribution is -2.10. The summed E-state index contributed by atoms with van der Waals surface area (Å²) in [5.41, 5.74) is 2.90. The minimum atomic E-state index is -0.482. The normalized spacial score (nSPS) is 10.1. The van der Waals surface area contributed by atoms with Crippen molar-refractivity contribution < 1.29 is 4.92 Å². The Labute approximate surface area is 90.6 Å². The second kappa shape index (κ2) is 3.99. The van der Waals surface area contributed by atoms with Crippen LogP contribution in [0.3, 0.4) is 0 Å². The lowest BCUT2D eigenvalue weighted by molar-refractivity contribution is -0.383. The van der Waals surface area contributed by atoms with E-state index in [2.05, 4.69) is 10.4 Å². The molecule has 2 aromatic rings. The summed E-state index contributed by atoms with van der Waals surface area (Å²) < 4.78 is 1.55. The maximum atomic E-state index is 11.0. The molecule has 16 heavy (non-hydrogen) atoms. The van der Waals surface area contributed by atoms with Gasteiger partial charge in [-0.3, -0.25) is 16.0 Å². The highest BCUT2D eigenvalue weighted by Crippen LogP contribution is 2.30. The van der Waals surface area contributed by atoms with Gasteiger partial charge in [-0.2, -0.15) is 0 Å². The molecule has 0 aliphatic carbocycles. The van der Waals surface area contributed by atoms with Crippen LogP contribution < -0.4 is 11.3 Å². The van der Waals surface area contributed by atoms with Gasteiger partial charge < -0.3 is 9.99 Å². The molecule has 82 valence electrons. The zero-order valence-electron chi connectivity index (χ0n) is 8.20. The number of nitrogens with two attached hydrogens (primary N) is 1. The molecule has 0 bridgehead atoms. The molecule has 1 aromatic heterocycles. The van der Waals surface area contributed by atoms with E-state index in [1.54, 1.807) is 35.2 Å². The van der Waals surface area contributed by atoms with Gasteiger partial charge in [0.15, 0.2) is 0 Å². The number of hydrazine groups is 1. The summed E-state index contributed by atoms with van der Waals surface area (Å²) >= 11 is 0. The van der Waals surface area contributed by atoms with Gasteiger partial charge in [0.2, 0.25) is 0 Å². The quantitative estimate of drug-likeness (QED) is 0.457. The molecule has 2 rings (SSSR count). The Balaban J connectivity index is 2.65. The molecule has 0 amide bonds. The van der Waals surface area contributed by atoms with Crippen LogP contribution in [0.1, 0.15) is 0 Å². The Morgan fingerprint density at radius 2 is 2.31 bits per heavy atom. The highest BCUT2D eigenvalue weighted by molar-refractivity contribution is 5.70. The van der Waals surface area contributed by atoms with Crippen molar-refractivity contribution >= 4 is 11.4 Å². The molecule has 0 atom stereocenters. The number of benzene rings is 1. The zero-order chi connectivity index (χ0) is 11.5. The number of nitrogens with one attached hydrogen (secondary N) is 1. The molecule has 0 aliphatic heterocycles. The molecule has 0 aliphatic rings. The summed E-state index contributed by atoms with van der Waals surface area (Å²) in [6, 6.07) is 4.84. The van der Waals surface area contributed by atoms with Gasteiger partial charge in [-0.05, 0) is 12.1 Å². The number of rotatable bonds is 3. The van der Waals surface area contributed by atoms with Crippen LogP contribution in [0.15, 0.2) is 36.9 Å². The average molecular weight is 219 g/mol. The number of hydrogen-bond donors (Lipinski definition) is 2. The van der Waals surface area contributed by atoms with Gasteiger partial charge in [-0.25, -0.2) is 4.98 Å². The van der Waals surface area contributed by atoms with Crippen LogP contribution in [0.5, 0.6) is 0 Å². The van der Waals surface area contributed by atoms with Gasteiger partial charge in [0, 0.05) is 12.4 Å². The van der Waals surface area contributed by atoms with E-state index in [4.69, 9.17) is 5.84 Å². The second-order valence-electron chi connectivity index (χ2n) is 3.04. The second-order valence-corrected chi connectivity index (χ2v) is 3.04. The molecule has 0 unspecified atom stereocenters. The summed E-state index contributed by atoms with van der Waals surface area (Å²) in [6.45, 7) is 0. The van der Waals surface area contributed by atoms with Crippen LogP contribution in [0.2, 0.25) is 0 Å². The van der Waals surface area contributed by atoms with Gasteiger partial charge in [0.1, 0.15) is 11.4 Å². The number of anilines is 1. The first kappa shape index (κ1) is 10.1. The summed E-state index contributed by atoms with van der Waals surface area (Å²) in [5.74, 6) is 5.23. The Morgan fingerprint density at radius 1 is 1.50 bits per heavy atom. The minimum absolute atomic E-state index is 0.0806. The third kappa shape index (κ3) is 1.59. The van der Waals surface area contributed by atoms with E-state index in [1.165, 1.54) is 6.33 Å². The van der Waals surface area contributed by atoms with Crippen molar-refractivity contribution in [1.29, 1.82) is 0 Å². The fourth-order valence-electron chi connectivity index (χ4n) is 1.45. The van der Waals surface area contributed by atoms with Gasteiger partial charge in [0.05, 0.1) is 11.3 Å². The summed E-state index contributed by atoms with van der Waals surface area (Å²) in [7, 11) is 0. The molecule has 0 saturated carbocycles. The third-order valence-electron chi connectivity index (χ3n) is 2.14. The van der Waals surface area contributed by atoms with Crippen molar-refractivity contribution in [3.05, 3.63) is 47.0 Å². The molecular formula is C9H9N5O2. The summed E-state index contributed by atoms with van der Waals surface area (Å²) in [6.07, 6.45) is 4.66. The fourth-order valence-corrected chi connectivity index (χ4v) is 1.45. The van der Waals surface area contributed by atoms with E-state index in [-0.39, 0.29) is 11.4 Å². The van der Waals surface area contributed by atoms with E-state index in [9.17, 15) is 10.1 Å². The van der Waals surface area contributed by atoms with Gasteiger partial charge >= 0.3 is 5.69 Å². The number of nitrogen functional groups attached to an aromatic ring is 1. The van der Waals surface area contributed by atoms with E-state index < -0.39 is 4.92 Å². The Hall–Kier alpha value is -2.41. The van der Waals surface area contributed by atoms with Crippen LogP contribution >= 0.6 is 0 Å². The summed E-state index contributed by atoms with van der Waals surface area (Å²) in [5, 5.41) is 11.0. The molecule has 0 saturated heterocycles. The van der Waals surface area contributed by atoms with Crippen molar-refractivity contribution in [2.45, 2.75) is 0 Å². The molecule has 3 N–H and O–H groups in total. The molecule has 1 aromatic carbocycles. The van der Waals surface area contributed by atoms with Crippen molar-refractivity contribution in [2.24, 2.45) is 5.84 Å². The number of nitrogens with zero attached hydrogens (tertiary/aromatic N) is 3. The van der Waals surface area contributed by atoms with E-state index in [0.717, 1.165) is 0 Å². The first-order chi connectivity index (χ1) is 7.74. The first-order valence-corrected chi connectivity index (χ1v) is 4.46. The Bertz CT molecular complexity index is 509. The number of nitro groups is 1. The monoisotopic (exact) mass is 219 g/mol. The van der Waals surface area contributed by atoms with E-state index in [0.29, 0.717) is 5.69 Å². The topological polar surface area (TPSA) is 99.0 Å². The molecule has 0 spiro atoms. The van der Waals surface area contributed by atoms with E-state index >= 15 is 0 Å². The zero-order valence-corrected chi connectivity index (χ0v) is 8.20. The number of para-hydroxylation sites is 1. The average Bonchev–Trinajstić information content (AvgIpc) is 2.81. The predicted molar refractivity (Wildman–Crippen MR) is 58.0 cm³/mol. The molecule has 1 heterocycles. The number of nitro benzene ring substituents is 1. The van der Waals surface area contributed by atoms with Gasteiger partial charge in [-0.1, -0.05) is 6.07 Å². The van der Waals surface area contributed by atoms with Crippen molar-refractivity contribution in [1.82, 2.24) is 9.55 Å². The van der Waals surface area contributed by atoms with Crippen molar-refractivity contribution in [3.8, 4) is 5.69 Å². The first-order valence-electron chi connectivity index (χ1n) is 4.46. The fraction of sp³-hybridized carbons (Fsp3) is 0. The van der Waals surface area contributed by atoms with Crippen LogP contribution in [0.4, 0.5) is 11.4 Å². The molecular weight excluding hydrogens is 210 g/mol. The smallest absolute Gasteiger partial charge is 0.317 e. The predicted octanol–water partition coefficient (Wildman–Crippen LogP) is 1.07. The van der Waals surface area contributed by atoms with Crippen LogP contribution in [0.25, 0.3) is 5.69 Å². The Kier molecular flexibility index (Phi) is 2.52. The lowest BCUT2D eigenvalue weighted by atomic mass is 10.2. The maximum Gasteiger partial charge on any atom is 0.317 e. The SMILES string of the molecule is NNc1cccc(-n2ccnc2)c1[N+](=O)[O-]. The largest absolute Gasteiger partial charge is 0.318 e. The summed E-state index contributed by atoms with van der Waals surface area (Å²) in [4.78, 5) is 14.3. The number of imidazole rings is 1. The number of aromatic nitrogens is 2. The van der Waals surface area contributed by atoms with Crippen molar-refractivity contribution in [3.63, 3.8) is 0 Å².